The van der Waals surface area contributed by atoms with E-state index in [9.17, 15) is 4.79 Å². The van der Waals surface area contributed by atoms with Crippen molar-refractivity contribution in [2.24, 2.45) is 0 Å². The molecule has 0 N–H and O–H groups in total. The molecule has 0 atom stereocenters. The lowest BCUT2D eigenvalue weighted by molar-refractivity contribution is -0.113. The third-order valence-electron chi connectivity index (χ3n) is 3.84. The van der Waals surface area contributed by atoms with Crippen LogP contribution in [0, 0.1) is 0 Å². The first-order valence-electron chi connectivity index (χ1n) is 7.33. The first kappa shape index (κ1) is 16.3. The first-order valence-corrected chi connectivity index (χ1v) is 8.55. The minimum absolute atomic E-state index is 0.261. The normalized spacial score (nSPS) is 11.5. The van der Waals surface area contributed by atoms with E-state index < -0.39 is 0 Å². The molecule has 1 aromatic carbocycles. The van der Waals surface area contributed by atoms with E-state index in [0.29, 0.717) is 0 Å². The lowest BCUT2D eigenvalue weighted by Gasteiger charge is -2.29. The van der Waals surface area contributed by atoms with E-state index in [1.807, 2.05) is 0 Å². The summed E-state index contributed by atoms with van der Waals surface area (Å²) in [6.07, 6.45) is 9.76. The standard InChI is InChI=1S/C17H26OS/c1-4-6-12-17(14-18,13-7-5-2)15-8-10-16(19-3)11-9-15/h8-11,14H,4-7,12-13H2,1-3H3. The molecule has 0 radical (unpaired) electrons. The van der Waals surface area contributed by atoms with Crippen LogP contribution in [0.2, 0.25) is 0 Å². The molecule has 0 amide bonds. The number of aldehydes is 1. The van der Waals surface area contributed by atoms with Gasteiger partial charge in [0.05, 0.1) is 5.41 Å². The van der Waals surface area contributed by atoms with Gasteiger partial charge in [-0.3, -0.25) is 0 Å². The Morgan fingerprint density at radius 2 is 1.58 bits per heavy atom. The number of carbonyl (C=O) groups excluding carboxylic acids is 1. The fraction of sp³-hybridized carbons (Fsp3) is 0.588. The van der Waals surface area contributed by atoms with Crippen molar-refractivity contribution in [2.75, 3.05) is 6.26 Å². The first-order chi connectivity index (χ1) is 9.22. The largest absolute Gasteiger partial charge is 0.302 e. The summed E-state index contributed by atoms with van der Waals surface area (Å²) in [5.41, 5.74) is 0.936. The Hall–Kier alpha value is -0.760. The summed E-state index contributed by atoms with van der Waals surface area (Å²) in [7, 11) is 0. The van der Waals surface area contributed by atoms with E-state index >= 15 is 0 Å². The Morgan fingerprint density at radius 1 is 1.05 bits per heavy atom. The molecule has 0 unspecified atom stereocenters. The van der Waals surface area contributed by atoms with Gasteiger partial charge in [-0.1, -0.05) is 51.7 Å². The lowest BCUT2D eigenvalue weighted by Crippen LogP contribution is -2.28. The zero-order chi connectivity index (χ0) is 14.1. The third kappa shape index (κ3) is 4.38. The summed E-state index contributed by atoms with van der Waals surface area (Å²) < 4.78 is 0. The maximum atomic E-state index is 11.8. The SMILES string of the molecule is CCCCC(C=O)(CCCC)c1ccc(SC)cc1. The lowest BCUT2D eigenvalue weighted by atomic mass is 9.74. The van der Waals surface area contributed by atoms with Gasteiger partial charge >= 0.3 is 0 Å². The van der Waals surface area contributed by atoms with Crippen molar-refractivity contribution in [3.63, 3.8) is 0 Å². The van der Waals surface area contributed by atoms with Crippen LogP contribution in [-0.4, -0.2) is 12.5 Å². The predicted octanol–water partition coefficient (Wildman–Crippen LogP) is 5.23. The van der Waals surface area contributed by atoms with Gasteiger partial charge < -0.3 is 4.79 Å². The molecule has 2 heteroatoms. The van der Waals surface area contributed by atoms with Crippen LogP contribution in [0.25, 0.3) is 0 Å². The van der Waals surface area contributed by atoms with Crippen molar-refractivity contribution < 1.29 is 4.79 Å². The predicted molar refractivity (Wildman–Crippen MR) is 85.0 cm³/mol. The van der Waals surface area contributed by atoms with Gasteiger partial charge in [0.1, 0.15) is 6.29 Å². The Balaban J connectivity index is 3.00. The number of rotatable bonds is 9. The number of hydrogen-bond acceptors (Lipinski definition) is 2. The molecule has 1 rings (SSSR count). The number of hydrogen-bond donors (Lipinski definition) is 0. The van der Waals surface area contributed by atoms with E-state index in [-0.39, 0.29) is 5.41 Å². The summed E-state index contributed by atoms with van der Waals surface area (Å²) in [4.78, 5) is 13.0. The number of benzene rings is 1. The highest BCUT2D eigenvalue weighted by molar-refractivity contribution is 7.98. The van der Waals surface area contributed by atoms with Crippen molar-refractivity contribution in [1.29, 1.82) is 0 Å². The van der Waals surface area contributed by atoms with Crippen molar-refractivity contribution in [1.82, 2.24) is 0 Å². The van der Waals surface area contributed by atoms with Crippen molar-refractivity contribution >= 4 is 18.0 Å². The van der Waals surface area contributed by atoms with Crippen LogP contribution in [-0.2, 0) is 10.2 Å². The Kier molecular flexibility index (Phi) is 7.22. The van der Waals surface area contributed by atoms with Crippen LogP contribution in [0.4, 0.5) is 0 Å². The molecule has 0 aliphatic rings. The summed E-state index contributed by atoms with van der Waals surface area (Å²) in [5.74, 6) is 0. The van der Waals surface area contributed by atoms with E-state index in [1.54, 1.807) is 11.8 Å². The van der Waals surface area contributed by atoms with E-state index in [4.69, 9.17) is 0 Å². The van der Waals surface area contributed by atoms with Crippen molar-refractivity contribution in [3.8, 4) is 0 Å². The maximum Gasteiger partial charge on any atom is 0.130 e. The Morgan fingerprint density at radius 3 is 1.95 bits per heavy atom. The van der Waals surface area contributed by atoms with Crippen LogP contribution in [0.3, 0.4) is 0 Å². The van der Waals surface area contributed by atoms with Crippen LogP contribution >= 0.6 is 11.8 Å². The smallest absolute Gasteiger partial charge is 0.130 e. The van der Waals surface area contributed by atoms with E-state index in [2.05, 4.69) is 44.4 Å². The quantitative estimate of drug-likeness (QED) is 0.455. The van der Waals surface area contributed by atoms with Gasteiger partial charge in [0.2, 0.25) is 0 Å². The number of unbranched alkanes of at least 4 members (excludes halogenated alkanes) is 2. The second-order valence-corrected chi connectivity index (χ2v) is 6.09. The molecule has 0 saturated heterocycles. The molecule has 0 spiro atoms. The molecule has 1 nitrogen and oxygen atoms in total. The molecule has 19 heavy (non-hydrogen) atoms. The zero-order valence-electron chi connectivity index (χ0n) is 12.4. The fourth-order valence-electron chi connectivity index (χ4n) is 2.51. The molecule has 0 aliphatic heterocycles. The van der Waals surface area contributed by atoms with Crippen molar-refractivity contribution in [2.45, 2.75) is 62.7 Å². The summed E-state index contributed by atoms with van der Waals surface area (Å²) in [6.45, 7) is 4.37. The Labute approximate surface area is 122 Å². The van der Waals surface area contributed by atoms with Crippen LogP contribution in [0.15, 0.2) is 29.2 Å². The maximum absolute atomic E-state index is 11.8. The minimum atomic E-state index is -0.261. The van der Waals surface area contributed by atoms with Gasteiger partial charge in [0.15, 0.2) is 0 Å². The van der Waals surface area contributed by atoms with Crippen molar-refractivity contribution in [3.05, 3.63) is 29.8 Å². The fourth-order valence-corrected chi connectivity index (χ4v) is 2.92. The topological polar surface area (TPSA) is 17.1 Å². The number of thioether (sulfide) groups is 1. The van der Waals surface area contributed by atoms with Crippen LogP contribution in [0.1, 0.15) is 57.9 Å². The van der Waals surface area contributed by atoms with Crippen LogP contribution in [0.5, 0.6) is 0 Å². The Bertz CT molecular complexity index is 361. The van der Waals surface area contributed by atoms with Gasteiger partial charge in [-0.05, 0) is 36.8 Å². The second kappa shape index (κ2) is 8.42. The molecule has 0 aliphatic carbocycles. The average Bonchev–Trinajstić information content (AvgIpc) is 2.48. The highest BCUT2D eigenvalue weighted by Crippen LogP contribution is 2.34. The van der Waals surface area contributed by atoms with Crippen LogP contribution < -0.4 is 0 Å². The molecule has 106 valence electrons. The summed E-state index contributed by atoms with van der Waals surface area (Å²) in [6, 6.07) is 8.56. The third-order valence-corrected chi connectivity index (χ3v) is 4.59. The van der Waals surface area contributed by atoms with Gasteiger partial charge in [-0.2, -0.15) is 0 Å². The molecular formula is C17H26OS. The molecular weight excluding hydrogens is 252 g/mol. The van der Waals surface area contributed by atoms with Gasteiger partial charge in [0, 0.05) is 4.90 Å². The highest BCUT2D eigenvalue weighted by Gasteiger charge is 2.30. The molecule has 0 fully saturated rings. The monoisotopic (exact) mass is 278 g/mol. The minimum Gasteiger partial charge on any atom is -0.302 e. The molecule has 0 bridgehead atoms. The average molecular weight is 278 g/mol. The summed E-state index contributed by atoms with van der Waals surface area (Å²) >= 11 is 1.74. The second-order valence-electron chi connectivity index (χ2n) is 5.21. The van der Waals surface area contributed by atoms with Gasteiger partial charge in [0.25, 0.3) is 0 Å². The zero-order valence-corrected chi connectivity index (χ0v) is 13.3. The summed E-state index contributed by atoms with van der Waals surface area (Å²) in [5, 5.41) is 0. The van der Waals surface area contributed by atoms with Gasteiger partial charge in [-0.25, -0.2) is 0 Å². The molecule has 0 saturated carbocycles. The number of carbonyl (C=O) groups is 1. The van der Waals surface area contributed by atoms with E-state index in [1.165, 1.54) is 16.7 Å². The molecule has 0 heterocycles. The molecule has 1 aromatic rings. The highest BCUT2D eigenvalue weighted by atomic mass is 32.2. The van der Waals surface area contributed by atoms with E-state index in [0.717, 1.165) is 38.5 Å². The molecule has 0 aromatic heterocycles. The van der Waals surface area contributed by atoms with Gasteiger partial charge in [-0.15, -0.1) is 11.8 Å².